The molecule has 0 aliphatic carbocycles. The van der Waals surface area contributed by atoms with E-state index in [1.54, 1.807) is 7.11 Å². The second-order valence-corrected chi connectivity index (χ2v) is 5.26. The summed E-state index contributed by atoms with van der Waals surface area (Å²) in [6, 6.07) is 10.0. The van der Waals surface area contributed by atoms with Crippen LogP contribution in [0.3, 0.4) is 0 Å². The van der Waals surface area contributed by atoms with Crippen LogP contribution >= 0.6 is 11.3 Å². The Bertz CT molecular complexity index is 608. The molecule has 0 radical (unpaired) electrons. The zero-order chi connectivity index (χ0) is 13.8. The summed E-state index contributed by atoms with van der Waals surface area (Å²) in [6.45, 7) is 2.11. The fourth-order valence-electron chi connectivity index (χ4n) is 2.03. The fraction of sp³-hybridized carbons (Fsp3) is 0.267. The van der Waals surface area contributed by atoms with Crippen molar-refractivity contribution in [3.05, 3.63) is 34.7 Å². The molecule has 1 aromatic carbocycles. The van der Waals surface area contributed by atoms with Crippen molar-refractivity contribution in [3.8, 4) is 22.3 Å². The van der Waals surface area contributed by atoms with E-state index < -0.39 is 0 Å². The highest BCUT2D eigenvalue weighted by molar-refractivity contribution is 7.16. The number of nitrogen functional groups attached to an aromatic ring is 1. The van der Waals surface area contributed by atoms with Crippen LogP contribution < -0.4 is 10.5 Å². The standard InChI is InChI=1S/C15H16N2OS/c1-3-4-12-14(17)13(9-16)19-15(12)10-5-7-11(18-2)8-6-10/h5-8H,3-4,17H2,1-2H3. The first kappa shape index (κ1) is 13.4. The number of anilines is 1. The minimum Gasteiger partial charge on any atom is -0.497 e. The second kappa shape index (κ2) is 5.77. The van der Waals surface area contributed by atoms with E-state index in [4.69, 9.17) is 15.7 Å². The number of nitriles is 1. The van der Waals surface area contributed by atoms with E-state index in [0.717, 1.165) is 34.6 Å². The zero-order valence-electron chi connectivity index (χ0n) is 11.1. The van der Waals surface area contributed by atoms with Gasteiger partial charge in [0.2, 0.25) is 0 Å². The molecule has 0 spiro atoms. The Morgan fingerprint density at radius 3 is 2.53 bits per heavy atom. The molecule has 1 heterocycles. The van der Waals surface area contributed by atoms with Crippen molar-refractivity contribution in [1.82, 2.24) is 0 Å². The van der Waals surface area contributed by atoms with Crippen LogP contribution in [0.4, 0.5) is 5.69 Å². The van der Waals surface area contributed by atoms with E-state index in [-0.39, 0.29) is 0 Å². The summed E-state index contributed by atoms with van der Waals surface area (Å²) in [5.41, 5.74) is 8.87. The Morgan fingerprint density at radius 2 is 2.00 bits per heavy atom. The van der Waals surface area contributed by atoms with Crippen LogP contribution in [-0.4, -0.2) is 7.11 Å². The average molecular weight is 272 g/mol. The Kier molecular flexibility index (Phi) is 4.08. The van der Waals surface area contributed by atoms with Gasteiger partial charge in [-0.1, -0.05) is 13.3 Å². The normalized spacial score (nSPS) is 10.2. The number of rotatable bonds is 4. The zero-order valence-corrected chi connectivity index (χ0v) is 11.9. The predicted molar refractivity (Wildman–Crippen MR) is 79.4 cm³/mol. The van der Waals surface area contributed by atoms with Crippen LogP contribution in [0.25, 0.3) is 10.4 Å². The summed E-state index contributed by atoms with van der Waals surface area (Å²) in [5.74, 6) is 0.825. The summed E-state index contributed by atoms with van der Waals surface area (Å²) in [6.07, 6.45) is 1.90. The molecule has 3 nitrogen and oxygen atoms in total. The molecule has 0 atom stereocenters. The summed E-state index contributed by atoms with van der Waals surface area (Å²) >= 11 is 1.47. The van der Waals surface area contributed by atoms with Gasteiger partial charge in [-0.15, -0.1) is 11.3 Å². The highest BCUT2D eigenvalue weighted by Crippen LogP contribution is 2.39. The molecule has 19 heavy (non-hydrogen) atoms. The van der Waals surface area contributed by atoms with Crippen molar-refractivity contribution in [2.45, 2.75) is 19.8 Å². The smallest absolute Gasteiger partial charge is 0.128 e. The molecular weight excluding hydrogens is 256 g/mol. The van der Waals surface area contributed by atoms with E-state index in [9.17, 15) is 0 Å². The van der Waals surface area contributed by atoms with Crippen molar-refractivity contribution in [3.63, 3.8) is 0 Å². The summed E-state index contributed by atoms with van der Waals surface area (Å²) in [5, 5.41) is 9.11. The molecule has 0 bridgehead atoms. The topological polar surface area (TPSA) is 59.0 Å². The van der Waals surface area contributed by atoms with Gasteiger partial charge < -0.3 is 10.5 Å². The lowest BCUT2D eigenvalue weighted by Gasteiger charge is -2.05. The third kappa shape index (κ3) is 2.56. The number of hydrogen-bond acceptors (Lipinski definition) is 4. The van der Waals surface area contributed by atoms with Crippen molar-refractivity contribution in [2.24, 2.45) is 0 Å². The molecule has 98 valence electrons. The molecule has 2 aromatic rings. The van der Waals surface area contributed by atoms with Gasteiger partial charge in [0.05, 0.1) is 12.8 Å². The molecule has 0 fully saturated rings. The van der Waals surface area contributed by atoms with Crippen LogP contribution in [0.2, 0.25) is 0 Å². The highest BCUT2D eigenvalue weighted by Gasteiger charge is 2.16. The van der Waals surface area contributed by atoms with Gasteiger partial charge in [0.15, 0.2) is 0 Å². The van der Waals surface area contributed by atoms with Gasteiger partial charge in [0.25, 0.3) is 0 Å². The van der Waals surface area contributed by atoms with Crippen LogP contribution in [-0.2, 0) is 6.42 Å². The summed E-state index contributed by atoms with van der Waals surface area (Å²) in [7, 11) is 1.65. The molecule has 0 saturated heterocycles. The monoisotopic (exact) mass is 272 g/mol. The van der Waals surface area contributed by atoms with E-state index in [0.29, 0.717) is 10.6 Å². The molecule has 2 rings (SSSR count). The lowest BCUT2D eigenvalue weighted by atomic mass is 10.0. The summed E-state index contributed by atoms with van der Waals surface area (Å²) in [4.78, 5) is 1.70. The van der Waals surface area contributed by atoms with Crippen LogP contribution in [0.5, 0.6) is 5.75 Å². The predicted octanol–water partition coefficient (Wildman–Crippen LogP) is 3.83. The number of ether oxygens (including phenoxy) is 1. The number of hydrogen-bond donors (Lipinski definition) is 1. The number of nitrogens with zero attached hydrogens (tertiary/aromatic N) is 1. The Hall–Kier alpha value is -1.99. The van der Waals surface area contributed by atoms with Crippen LogP contribution in [0, 0.1) is 11.3 Å². The first-order chi connectivity index (χ1) is 9.21. The third-order valence-electron chi connectivity index (χ3n) is 3.00. The summed E-state index contributed by atoms with van der Waals surface area (Å²) < 4.78 is 5.16. The van der Waals surface area contributed by atoms with E-state index in [1.165, 1.54) is 11.3 Å². The highest BCUT2D eigenvalue weighted by atomic mass is 32.1. The van der Waals surface area contributed by atoms with E-state index >= 15 is 0 Å². The first-order valence-electron chi connectivity index (χ1n) is 6.16. The van der Waals surface area contributed by atoms with Crippen molar-refractivity contribution < 1.29 is 4.74 Å². The van der Waals surface area contributed by atoms with Gasteiger partial charge in [-0.2, -0.15) is 5.26 Å². The quantitative estimate of drug-likeness (QED) is 0.920. The van der Waals surface area contributed by atoms with Gasteiger partial charge in [-0.3, -0.25) is 0 Å². The van der Waals surface area contributed by atoms with Gasteiger partial charge in [-0.25, -0.2) is 0 Å². The fourth-order valence-corrected chi connectivity index (χ4v) is 3.11. The van der Waals surface area contributed by atoms with Gasteiger partial charge >= 0.3 is 0 Å². The SMILES string of the molecule is CCCc1c(-c2ccc(OC)cc2)sc(C#N)c1N. The molecule has 2 N–H and O–H groups in total. The molecule has 0 saturated carbocycles. The molecular formula is C15H16N2OS. The molecule has 0 aliphatic rings. The number of benzene rings is 1. The first-order valence-corrected chi connectivity index (χ1v) is 6.98. The minimum absolute atomic E-state index is 0.606. The van der Waals surface area contributed by atoms with Gasteiger partial charge in [0.1, 0.15) is 16.7 Å². The third-order valence-corrected chi connectivity index (χ3v) is 4.20. The van der Waals surface area contributed by atoms with E-state index in [1.807, 2.05) is 24.3 Å². The molecule has 0 amide bonds. The number of thiophene rings is 1. The van der Waals surface area contributed by atoms with Crippen LogP contribution in [0.1, 0.15) is 23.8 Å². The van der Waals surface area contributed by atoms with Crippen molar-refractivity contribution in [2.75, 3.05) is 12.8 Å². The maximum atomic E-state index is 9.11. The van der Waals surface area contributed by atoms with Gasteiger partial charge in [-0.05, 0) is 41.8 Å². The number of nitrogens with two attached hydrogens (primary N) is 1. The van der Waals surface area contributed by atoms with Crippen LogP contribution in [0.15, 0.2) is 24.3 Å². The van der Waals surface area contributed by atoms with E-state index in [2.05, 4.69) is 13.0 Å². The Balaban J connectivity index is 2.50. The Labute approximate surface area is 117 Å². The molecule has 0 aliphatic heterocycles. The number of methoxy groups -OCH3 is 1. The maximum Gasteiger partial charge on any atom is 0.128 e. The second-order valence-electron chi connectivity index (χ2n) is 4.24. The maximum absolute atomic E-state index is 9.11. The van der Waals surface area contributed by atoms with Crippen molar-refractivity contribution in [1.29, 1.82) is 5.26 Å². The molecule has 4 heteroatoms. The largest absolute Gasteiger partial charge is 0.497 e. The van der Waals surface area contributed by atoms with Crippen molar-refractivity contribution >= 4 is 17.0 Å². The lowest BCUT2D eigenvalue weighted by molar-refractivity contribution is 0.415. The van der Waals surface area contributed by atoms with Gasteiger partial charge in [0, 0.05) is 4.88 Å². The minimum atomic E-state index is 0.606. The Morgan fingerprint density at radius 1 is 1.32 bits per heavy atom. The molecule has 0 unspecified atom stereocenters. The molecule has 1 aromatic heterocycles. The average Bonchev–Trinajstić information content (AvgIpc) is 2.76. The lowest BCUT2D eigenvalue weighted by Crippen LogP contribution is -1.93.